The number of esters is 1. The fourth-order valence-electron chi connectivity index (χ4n) is 7.66. The van der Waals surface area contributed by atoms with Crippen LogP contribution in [0.2, 0.25) is 5.02 Å². The third kappa shape index (κ3) is 6.33. The first-order valence-electron chi connectivity index (χ1n) is 15.8. The second-order valence-corrected chi connectivity index (χ2v) is 15.6. The van der Waals surface area contributed by atoms with Gasteiger partial charge in [-0.2, -0.15) is 0 Å². The first-order valence-corrected chi connectivity index (χ1v) is 17.7. The standard InChI is InChI=1S/C34H41ClN2O7S/c1-21-5-3-7-29(38)26-11-8-24(26)18-37-19-34(14-4-6-22-15-25(35)10-12-27(22)34)20-44-30-13-9-23(16-28(30)37)33(40)36-45(41,42)31(21)17-32(39)43-2/h3,7,9-10,12-13,15-16,21,24,26,29,31,38H,4-6,8,11,14,17-20H2,1-2H3,(H,36,40)/b7-3-/t21-,24-,26+,29-,31+,34-/m0/s1. The fraction of sp³-hybridized carbons (Fsp3) is 0.529. The molecule has 11 heteroatoms. The number of halogens is 1. The number of rotatable bonds is 2. The molecule has 0 unspecified atom stereocenters. The van der Waals surface area contributed by atoms with Crippen molar-refractivity contribution in [1.29, 1.82) is 0 Å². The van der Waals surface area contributed by atoms with E-state index in [1.54, 1.807) is 37.3 Å². The Hall–Kier alpha value is -3.08. The molecule has 1 amide bonds. The molecule has 1 saturated carbocycles. The van der Waals surface area contributed by atoms with Crippen LogP contribution in [-0.2, 0) is 31.4 Å². The van der Waals surface area contributed by atoms with E-state index < -0.39 is 45.6 Å². The van der Waals surface area contributed by atoms with Crippen LogP contribution in [0.25, 0.3) is 0 Å². The van der Waals surface area contributed by atoms with Crippen molar-refractivity contribution in [3.63, 3.8) is 0 Å². The second kappa shape index (κ2) is 12.6. The number of methoxy groups -OCH3 is 1. The van der Waals surface area contributed by atoms with Crippen LogP contribution in [0.3, 0.4) is 0 Å². The number of nitrogens with one attached hydrogen (secondary N) is 1. The van der Waals surface area contributed by atoms with Crippen molar-refractivity contribution in [1.82, 2.24) is 4.72 Å². The lowest BCUT2D eigenvalue weighted by Crippen LogP contribution is -2.49. The quantitative estimate of drug-likeness (QED) is 0.350. The Morgan fingerprint density at radius 3 is 2.80 bits per heavy atom. The molecule has 242 valence electrons. The Kier molecular flexibility index (Phi) is 8.93. The molecule has 6 rings (SSSR count). The van der Waals surface area contributed by atoms with Crippen molar-refractivity contribution in [2.45, 2.75) is 68.6 Å². The Bertz CT molecular complexity index is 1610. The number of nitrogens with zero attached hydrogens (tertiary/aromatic N) is 1. The van der Waals surface area contributed by atoms with Crippen LogP contribution < -0.4 is 14.4 Å². The molecule has 2 aliphatic carbocycles. The van der Waals surface area contributed by atoms with Gasteiger partial charge in [0.1, 0.15) is 5.75 Å². The summed E-state index contributed by atoms with van der Waals surface area (Å²) in [6, 6.07) is 11.1. The summed E-state index contributed by atoms with van der Waals surface area (Å²) in [6.45, 7) is 3.48. The first-order chi connectivity index (χ1) is 21.5. The molecule has 1 spiro atoms. The molecular formula is C34H41ClN2O7S. The van der Waals surface area contributed by atoms with Crippen LogP contribution in [0.15, 0.2) is 48.6 Å². The molecule has 4 aliphatic rings. The normalized spacial score (nSPS) is 31.7. The SMILES string of the molecule is COC(=O)C[C@@H]1[C@@H](C)C/C=C\[C@H](O)[C@@H]2CC[C@H]2CN2C[C@@]3(CCCc4cc(Cl)ccc43)COc3ccc(cc32)C(=O)NS1(=O)=O. The van der Waals surface area contributed by atoms with Crippen LogP contribution in [0.4, 0.5) is 5.69 Å². The van der Waals surface area contributed by atoms with Gasteiger partial charge in [0.25, 0.3) is 5.91 Å². The number of carbonyl (C=O) groups is 2. The van der Waals surface area contributed by atoms with E-state index >= 15 is 0 Å². The van der Waals surface area contributed by atoms with Gasteiger partial charge in [0, 0.05) is 29.1 Å². The predicted molar refractivity (Wildman–Crippen MR) is 172 cm³/mol. The summed E-state index contributed by atoms with van der Waals surface area (Å²) in [5.41, 5.74) is 3.04. The lowest BCUT2D eigenvalue weighted by atomic mass is 9.68. The Balaban J connectivity index is 1.41. The lowest BCUT2D eigenvalue weighted by molar-refractivity contribution is -0.140. The van der Waals surface area contributed by atoms with Gasteiger partial charge in [-0.15, -0.1) is 0 Å². The van der Waals surface area contributed by atoms with E-state index in [1.807, 2.05) is 12.1 Å². The van der Waals surface area contributed by atoms with E-state index in [0.29, 0.717) is 36.9 Å². The van der Waals surface area contributed by atoms with E-state index in [2.05, 4.69) is 15.7 Å². The molecular weight excluding hydrogens is 616 g/mol. The number of benzene rings is 2. The summed E-state index contributed by atoms with van der Waals surface area (Å²) < 4.78 is 40.7. The van der Waals surface area contributed by atoms with E-state index in [1.165, 1.54) is 18.2 Å². The zero-order valence-corrected chi connectivity index (χ0v) is 27.3. The van der Waals surface area contributed by atoms with Gasteiger partial charge in [-0.1, -0.05) is 36.7 Å². The number of amides is 1. The van der Waals surface area contributed by atoms with Gasteiger partial charge < -0.3 is 19.5 Å². The largest absolute Gasteiger partial charge is 0.490 e. The van der Waals surface area contributed by atoms with E-state index in [-0.39, 0.29) is 22.8 Å². The molecule has 2 aliphatic heterocycles. The van der Waals surface area contributed by atoms with Crippen molar-refractivity contribution >= 4 is 39.2 Å². The third-order valence-electron chi connectivity index (χ3n) is 10.4. The van der Waals surface area contributed by atoms with Gasteiger partial charge in [-0.25, -0.2) is 13.1 Å². The molecule has 2 heterocycles. The van der Waals surface area contributed by atoms with E-state index in [9.17, 15) is 23.1 Å². The number of aryl methyl sites for hydroxylation is 1. The summed E-state index contributed by atoms with van der Waals surface area (Å²) in [5, 5.41) is 10.7. The molecule has 1 fully saturated rings. The van der Waals surface area contributed by atoms with Gasteiger partial charge in [0.2, 0.25) is 10.0 Å². The number of ether oxygens (including phenoxy) is 2. The van der Waals surface area contributed by atoms with Crippen molar-refractivity contribution < 1.29 is 32.6 Å². The third-order valence-corrected chi connectivity index (χ3v) is 12.5. The number of carbonyl (C=O) groups excluding carboxylic acids is 2. The molecule has 0 aromatic heterocycles. The number of aliphatic hydroxyl groups excluding tert-OH is 1. The average molecular weight is 657 g/mol. The Morgan fingerprint density at radius 1 is 1.22 bits per heavy atom. The molecule has 2 bridgehead atoms. The summed E-state index contributed by atoms with van der Waals surface area (Å²) in [7, 11) is -3.08. The zero-order chi connectivity index (χ0) is 31.9. The number of aliphatic hydroxyl groups is 1. The molecule has 2 N–H and O–H groups in total. The molecule has 45 heavy (non-hydrogen) atoms. The summed E-state index contributed by atoms with van der Waals surface area (Å²) in [5.74, 6) is -1.08. The minimum atomic E-state index is -4.28. The van der Waals surface area contributed by atoms with Crippen LogP contribution in [0.5, 0.6) is 5.75 Å². The topological polar surface area (TPSA) is 122 Å². The van der Waals surface area contributed by atoms with Crippen molar-refractivity contribution in [2.24, 2.45) is 17.8 Å². The number of sulfonamides is 1. The second-order valence-electron chi connectivity index (χ2n) is 13.2. The molecule has 0 radical (unpaired) electrons. The highest BCUT2D eigenvalue weighted by atomic mass is 35.5. The Labute approximate surface area is 270 Å². The van der Waals surface area contributed by atoms with Gasteiger partial charge in [0.05, 0.1) is 37.2 Å². The minimum absolute atomic E-state index is 0.0477. The molecule has 6 atom stereocenters. The smallest absolute Gasteiger partial charge is 0.306 e. The molecule has 0 saturated heterocycles. The van der Waals surface area contributed by atoms with Crippen molar-refractivity contribution in [2.75, 3.05) is 31.7 Å². The van der Waals surface area contributed by atoms with Gasteiger partial charge in [-0.3, -0.25) is 9.59 Å². The van der Waals surface area contributed by atoms with Gasteiger partial charge in [-0.05, 0) is 97.7 Å². The summed E-state index contributed by atoms with van der Waals surface area (Å²) >= 11 is 6.39. The predicted octanol–water partition coefficient (Wildman–Crippen LogP) is 4.79. The number of hydrogen-bond donors (Lipinski definition) is 2. The Morgan fingerprint density at radius 2 is 2.04 bits per heavy atom. The van der Waals surface area contributed by atoms with Crippen LogP contribution >= 0.6 is 11.6 Å². The fourth-order valence-corrected chi connectivity index (χ4v) is 9.47. The van der Waals surface area contributed by atoms with Crippen LogP contribution in [-0.4, -0.2) is 63.6 Å². The van der Waals surface area contributed by atoms with E-state index in [4.69, 9.17) is 21.1 Å². The number of anilines is 1. The van der Waals surface area contributed by atoms with Gasteiger partial charge in [0.15, 0.2) is 0 Å². The highest BCUT2D eigenvalue weighted by Crippen LogP contribution is 2.46. The lowest BCUT2D eigenvalue weighted by Gasteiger charge is -2.45. The maximum absolute atomic E-state index is 13.6. The first kappa shape index (κ1) is 31.9. The van der Waals surface area contributed by atoms with E-state index in [0.717, 1.165) is 37.8 Å². The minimum Gasteiger partial charge on any atom is -0.490 e. The molecule has 2 aromatic carbocycles. The molecule has 2 aromatic rings. The average Bonchev–Trinajstić information content (AvgIpc) is 3.13. The monoisotopic (exact) mass is 656 g/mol. The maximum atomic E-state index is 13.6. The van der Waals surface area contributed by atoms with Crippen molar-refractivity contribution in [3.05, 3.63) is 70.3 Å². The maximum Gasteiger partial charge on any atom is 0.306 e. The highest BCUT2D eigenvalue weighted by Gasteiger charge is 2.44. The molecule has 9 nitrogen and oxygen atoms in total. The summed E-state index contributed by atoms with van der Waals surface area (Å²) in [4.78, 5) is 28.0. The number of allylic oxidation sites excluding steroid dienone is 1. The van der Waals surface area contributed by atoms with Crippen LogP contribution in [0.1, 0.15) is 66.9 Å². The number of fused-ring (bicyclic) bond motifs is 4. The summed E-state index contributed by atoms with van der Waals surface area (Å²) in [6.07, 6.45) is 7.49. The number of hydrogen-bond acceptors (Lipinski definition) is 8. The van der Waals surface area contributed by atoms with Gasteiger partial charge >= 0.3 is 5.97 Å². The highest BCUT2D eigenvalue weighted by molar-refractivity contribution is 7.90. The zero-order valence-electron chi connectivity index (χ0n) is 25.7. The van der Waals surface area contributed by atoms with Crippen LogP contribution in [0, 0.1) is 17.8 Å². The van der Waals surface area contributed by atoms with Crippen molar-refractivity contribution in [3.8, 4) is 5.75 Å².